The zero-order valence-electron chi connectivity index (χ0n) is 16.5. The third-order valence-electron chi connectivity index (χ3n) is 5.18. The molecule has 1 N–H and O–H groups in total. The van der Waals surface area contributed by atoms with E-state index in [4.69, 9.17) is 4.74 Å². The molecule has 28 heavy (non-hydrogen) atoms. The summed E-state index contributed by atoms with van der Waals surface area (Å²) in [6, 6.07) is 1.46. The summed E-state index contributed by atoms with van der Waals surface area (Å²) < 4.78 is 67.1. The molecule has 0 amide bonds. The van der Waals surface area contributed by atoms with Crippen LogP contribution in [0.25, 0.3) is 0 Å². The van der Waals surface area contributed by atoms with E-state index in [0.29, 0.717) is 6.42 Å². The minimum atomic E-state index is -3.56. The van der Waals surface area contributed by atoms with Crippen LogP contribution < -0.4 is 9.47 Å². The fourth-order valence-electron chi connectivity index (χ4n) is 3.48. The van der Waals surface area contributed by atoms with E-state index in [9.17, 15) is 22.7 Å². The molecule has 3 nitrogen and oxygen atoms in total. The summed E-state index contributed by atoms with van der Waals surface area (Å²) in [4.78, 5) is 0. The van der Waals surface area contributed by atoms with Gasteiger partial charge in [0.1, 0.15) is 5.75 Å². The van der Waals surface area contributed by atoms with Crippen molar-refractivity contribution < 1.29 is 32.1 Å². The number of benzene rings is 1. The molecule has 1 aliphatic carbocycles. The Balaban J connectivity index is 1.98. The van der Waals surface area contributed by atoms with E-state index in [1.165, 1.54) is 0 Å². The van der Waals surface area contributed by atoms with Crippen molar-refractivity contribution in [2.75, 3.05) is 0 Å². The Morgan fingerprint density at radius 1 is 1.07 bits per heavy atom. The lowest BCUT2D eigenvalue weighted by atomic mass is 9.86. The van der Waals surface area contributed by atoms with Crippen LogP contribution in [0.5, 0.6) is 11.5 Å². The quantitative estimate of drug-likeness (QED) is 0.370. The summed E-state index contributed by atoms with van der Waals surface area (Å²) in [6.07, 6.45) is 0.927. The van der Waals surface area contributed by atoms with Crippen molar-refractivity contribution in [1.82, 2.24) is 0 Å². The molecule has 1 aromatic carbocycles. The first-order chi connectivity index (χ1) is 13.2. The Labute approximate surface area is 164 Å². The second-order valence-corrected chi connectivity index (χ2v) is 7.66. The molecule has 0 heterocycles. The standard InChI is InChI=1S/C21H30F4O3/c1-3-4-5-6-7-14(2)27-20-18(22)12-17(13-19(20)23)28-21(24,25)15-8-10-16(26)11-9-15/h12-16,26H,3-11H2,1-2H3. The maximum absolute atomic E-state index is 14.3. The number of rotatable bonds is 10. The Bertz CT molecular complexity index is 593. The predicted molar refractivity (Wildman–Crippen MR) is 98.7 cm³/mol. The van der Waals surface area contributed by atoms with E-state index in [1.807, 2.05) is 0 Å². The molecule has 7 heteroatoms. The molecule has 0 aliphatic heterocycles. The average Bonchev–Trinajstić information content (AvgIpc) is 2.62. The van der Waals surface area contributed by atoms with Crippen LogP contribution in [-0.2, 0) is 0 Å². The van der Waals surface area contributed by atoms with Crippen molar-refractivity contribution in [2.24, 2.45) is 5.92 Å². The molecular formula is C21H30F4O3. The molecular weight excluding hydrogens is 376 g/mol. The summed E-state index contributed by atoms with van der Waals surface area (Å²) in [5.41, 5.74) is 0. The fourth-order valence-corrected chi connectivity index (χ4v) is 3.48. The van der Waals surface area contributed by atoms with Crippen LogP contribution in [0.15, 0.2) is 12.1 Å². The van der Waals surface area contributed by atoms with Crippen LogP contribution in [0.4, 0.5) is 17.6 Å². The average molecular weight is 406 g/mol. The van der Waals surface area contributed by atoms with Crippen LogP contribution >= 0.6 is 0 Å². The Morgan fingerprint density at radius 3 is 2.25 bits per heavy atom. The van der Waals surface area contributed by atoms with Crippen molar-refractivity contribution in [3.8, 4) is 11.5 Å². The monoisotopic (exact) mass is 406 g/mol. The highest BCUT2D eigenvalue weighted by Gasteiger charge is 2.44. The van der Waals surface area contributed by atoms with Gasteiger partial charge in [0.25, 0.3) is 0 Å². The first-order valence-electron chi connectivity index (χ1n) is 10.1. The minimum absolute atomic E-state index is 0.0931. The lowest BCUT2D eigenvalue weighted by Gasteiger charge is -2.31. The van der Waals surface area contributed by atoms with Crippen molar-refractivity contribution >= 4 is 0 Å². The molecule has 0 radical (unpaired) electrons. The number of unbranched alkanes of at least 4 members (excludes halogenated alkanes) is 3. The van der Waals surface area contributed by atoms with E-state index >= 15 is 0 Å². The van der Waals surface area contributed by atoms with Gasteiger partial charge in [-0.25, -0.2) is 8.78 Å². The second-order valence-electron chi connectivity index (χ2n) is 7.66. The molecule has 1 aromatic rings. The van der Waals surface area contributed by atoms with Gasteiger partial charge in [0.05, 0.1) is 18.1 Å². The van der Waals surface area contributed by atoms with Gasteiger partial charge in [-0.05, 0) is 45.4 Å². The lowest BCUT2D eigenvalue weighted by molar-refractivity contribution is -0.224. The summed E-state index contributed by atoms with van der Waals surface area (Å²) >= 11 is 0. The van der Waals surface area contributed by atoms with E-state index < -0.39 is 41.3 Å². The molecule has 0 aromatic heterocycles. The summed E-state index contributed by atoms with van der Waals surface area (Å²) in [7, 11) is 0. The molecule has 1 atom stereocenters. The summed E-state index contributed by atoms with van der Waals surface area (Å²) in [6.45, 7) is 3.82. The molecule has 2 rings (SSSR count). The van der Waals surface area contributed by atoms with Crippen molar-refractivity contribution in [1.29, 1.82) is 0 Å². The van der Waals surface area contributed by atoms with Crippen LogP contribution in [0.1, 0.15) is 71.6 Å². The normalized spacial score (nSPS) is 21.4. The Morgan fingerprint density at radius 2 is 1.68 bits per heavy atom. The fraction of sp³-hybridized carbons (Fsp3) is 0.714. The Hall–Kier alpha value is -1.50. The smallest absolute Gasteiger partial charge is 0.400 e. The molecule has 1 aliphatic rings. The van der Waals surface area contributed by atoms with Gasteiger partial charge >= 0.3 is 6.11 Å². The largest absolute Gasteiger partial charge is 0.485 e. The van der Waals surface area contributed by atoms with Crippen molar-refractivity contribution in [3.63, 3.8) is 0 Å². The SMILES string of the molecule is CCCCCCC(C)Oc1c(F)cc(OC(F)(F)C2CCC(O)CC2)cc1F. The van der Waals surface area contributed by atoms with E-state index in [0.717, 1.165) is 37.8 Å². The first kappa shape index (κ1) is 22.8. The lowest BCUT2D eigenvalue weighted by Crippen LogP contribution is -2.38. The maximum Gasteiger partial charge on any atom is 0.400 e. The number of alkyl halides is 2. The van der Waals surface area contributed by atoms with Gasteiger partial charge in [-0.3, -0.25) is 0 Å². The van der Waals surface area contributed by atoms with Gasteiger partial charge < -0.3 is 14.6 Å². The number of hydrogen-bond donors (Lipinski definition) is 1. The van der Waals surface area contributed by atoms with Crippen LogP contribution in [0.3, 0.4) is 0 Å². The molecule has 1 saturated carbocycles. The third kappa shape index (κ3) is 6.54. The van der Waals surface area contributed by atoms with Crippen LogP contribution in [-0.4, -0.2) is 23.4 Å². The predicted octanol–water partition coefficient (Wildman–Crippen LogP) is 6.23. The molecule has 1 unspecified atom stereocenters. The zero-order valence-corrected chi connectivity index (χ0v) is 16.5. The first-order valence-corrected chi connectivity index (χ1v) is 10.1. The van der Waals surface area contributed by atoms with Crippen molar-refractivity contribution in [3.05, 3.63) is 23.8 Å². The third-order valence-corrected chi connectivity index (χ3v) is 5.18. The minimum Gasteiger partial charge on any atom is -0.485 e. The van der Waals surface area contributed by atoms with Crippen LogP contribution in [0.2, 0.25) is 0 Å². The van der Waals surface area contributed by atoms with Crippen molar-refractivity contribution in [2.45, 2.75) is 90.0 Å². The van der Waals surface area contributed by atoms with E-state index in [2.05, 4.69) is 11.7 Å². The van der Waals surface area contributed by atoms with Gasteiger partial charge in [0.2, 0.25) is 0 Å². The molecule has 0 saturated heterocycles. The molecule has 1 fully saturated rings. The highest BCUT2D eigenvalue weighted by Crippen LogP contribution is 2.39. The van der Waals surface area contributed by atoms with Gasteiger partial charge in [-0.2, -0.15) is 8.78 Å². The second kappa shape index (κ2) is 10.3. The number of aliphatic hydroxyl groups is 1. The van der Waals surface area contributed by atoms with Gasteiger partial charge in [-0.1, -0.05) is 26.2 Å². The van der Waals surface area contributed by atoms with Gasteiger partial charge in [-0.15, -0.1) is 0 Å². The summed E-state index contributed by atoms with van der Waals surface area (Å²) in [5.74, 6) is -4.37. The molecule has 160 valence electrons. The molecule has 0 spiro atoms. The number of aliphatic hydroxyl groups excluding tert-OH is 1. The summed E-state index contributed by atoms with van der Waals surface area (Å²) in [5, 5.41) is 9.44. The van der Waals surface area contributed by atoms with Crippen LogP contribution in [0, 0.1) is 17.6 Å². The van der Waals surface area contributed by atoms with Gasteiger partial charge in [0.15, 0.2) is 17.4 Å². The number of ether oxygens (including phenoxy) is 2. The number of halogens is 4. The highest BCUT2D eigenvalue weighted by atomic mass is 19.3. The maximum atomic E-state index is 14.3. The van der Waals surface area contributed by atoms with E-state index in [1.54, 1.807) is 6.92 Å². The zero-order chi connectivity index (χ0) is 20.7. The van der Waals surface area contributed by atoms with E-state index in [-0.39, 0.29) is 31.8 Å². The highest BCUT2D eigenvalue weighted by molar-refractivity contribution is 5.35. The number of hydrogen-bond acceptors (Lipinski definition) is 3. The Kier molecular flexibility index (Phi) is 8.40. The topological polar surface area (TPSA) is 38.7 Å². The molecule has 0 bridgehead atoms. The van der Waals surface area contributed by atoms with Gasteiger partial charge in [0, 0.05) is 12.1 Å².